The molecule has 1 aromatic rings. The van der Waals surface area contributed by atoms with Crippen LogP contribution in [0.1, 0.15) is 31.5 Å². The minimum atomic E-state index is -0.245. The highest BCUT2D eigenvalue weighted by Gasteiger charge is 2.41. The van der Waals surface area contributed by atoms with E-state index in [9.17, 15) is 9.18 Å². The van der Waals surface area contributed by atoms with Crippen LogP contribution in [0.5, 0.6) is 0 Å². The summed E-state index contributed by atoms with van der Waals surface area (Å²) >= 11 is 0. The largest absolute Gasteiger partial charge is 0.319 e. The van der Waals surface area contributed by atoms with E-state index in [1.807, 2.05) is 4.90 Å². The number of halogens is 1. The van der Waals surface area contributed by atoms with Gasteiger partial charge < -0.3 is 4.90 Å². The summed E-state index contributed by atoms with van der Waals surface area (Å²) < 4.78 is 12.9. The Kier molecular flexibility index (Phi) is 2.82. The Labute approximate surface area is 106 Å². The minimum absolute atomic E-state index is 0.103. The molecule has 2 fully saturated rings. The molecule has 1 saturated heterocycles. The van der Waals surface area contributed by atoms with Crippen molar-refractivity contribution in [2.75, 3.05) is 6.54 Å². The van der Waals surface area contributed by atoms with Gasteiger partial charge in [0, 0.05) is 6.04 Å². The van der Waals surface area contributed by atoms with E-state index >= 15 is 0 Å². The number of hydrogen-bond donors (Lipinski definition) is 1. The van der Waals surface area contributed by atoms with Crippen LogP contribution in [-0.4, -0.2) is 23.4 Å². The molecular formula is C14H17FN2O. The van der Waals surface area contributed by atoms with Gasteiger partial charge in [-0.15, -0.1) is 0 Å². The van der Waals surface area contributed by atoms with E-state index < -0.39 is 0 Å². The van der Waals surface area contributed by atoms with Crippen molar-refractivity contribution in [3.8, 4) is 0 Å². The first-order valence-electron chi connectivity index (χ1n) is 6.47. The first-order valence-corrected chi connectivity index (χ1v) is 6.47. The highest BCUT2D eigenvalue weighted by molar-refractivity contribution is 5.81. The molecule has 0 spiro atoms. The average Bonchev–Trinajstić information content (AvgIpc) is 3.13. The van der Waals surface area contributed by atoms with E-state index in [0.29, 0.717) is 12.5 Å². The van der Waals surface area contributed by atoms with Gasteiger partial charge in [0.2, 0.25) is 5.91 Å². The fraction of sp³-hybridized carbons (Fsp3) is 0.500. The molecule has 2 unspecified atom stereocenters. The number of carbonyl (C=O) groups is 1. The fourth-order valence-corrected chi connectivity index (χ4v) is 2.71. The van der Waals surface area contributed by atoms with Crippen LogP contribution in [0, 0.1) is 11.7 Å². The van der Waals surface area contributed by atoms with Crippen LogP contribution in [0.4, 0.5) is 4.39 Å². The van der Waals surface area contributed by atoms with Gasteiger partial charge in [-0.05, 0) is 43.4 Å². The van der Waals surface area contributed by atoms with E-state index in [-0.39, 0.29) is 23.9 Å². The standard InChI is InChI=1S/C14H17FN2O/c1-9(10-2-3-10)17-13(18)8-16-14(17)11-4-6-12(15)7-5-11/h4-7,9-10,14,16H,2-3,8H2,1H3. The summed E-state index contributed by atoms with van der Waals surface area (Å²) in [6.07, 6.45) is 2.32. The van der Waals surface area contributed by atoms with Gasteiger partial charge in [0.05, 0.1) is 6.54 Å². The predicted molar refractivity (Wildman–Crippen MR) is 66.2 cm³/mol. The van der Waals surface area contributed by atoms with E-state index in [1.54, 1.807) is 12.1 Å². The maximum atomic E-state index is 12.9. The smallest absolute Gasteiger partial charge is 0.238 e. The van der Waals surface area contributed by atoms with Gasteiger partial charge in [-0.1, -0.05) is 12.1 Å². The molecule has 0 aromatic heterocycles. The van der Waals surface area contributed by atoms with Crippen molar-refractivity contribution in [3.05, 3.63) is 35.6 Å². The Morgan fingerprint density at radius 3 is 2.61 bits per heavy atom. The van der Waals surface area contributed by atoms with Crippen molar-refractivity contribution in [2.24, 2.45) is 5.92 Å². The molecule has 1 aliphatic carbocycles. The van der Waals surface area contributed by atoms with Crippen LogP contribution >= 0.6 is 0 Å². The van der Waals surface area contributed by atoms with Crippen LogP contribution in [0.3, 0.4) is 0 Å². The van der Waals surface area contributed by atoms with Crippen molar-refractivity contribution in [1.29, 1.82) is 0 Å². The van der Waals surface area contributed by atoms with Crippen molar-refractivity contribution < 1.29 is 9.18 Å². The number of nitrogens with zero attached hydrogens (tertiary/aromatic N) is 1. The molecule has 3 nitrogen and oxygen atoms in total. The Bertz CT molecular complexity index is 455. The van der Waals surface area contributed by atoms with Gasteiger partial charge in [0.15, 0.2) is 0 Å². The zero-order valence-electron chi connectivity index (χ0n) is 10.4. The summed E-state index contributed by atoms with van der Waals surface area (Å²) in [6, 6.07) is 6.65. The fourth-order valence-electron chi connectivity index (χ4n) is 2.71. The molecule has 2 atom stereocenters. The van der Waals surface area contributed by atoms with Crippen molar-refractivity contribution in [2.45, 2.75) is 32.0 Å². The molecular weight excluding hydrogens is 231 g/mol. The SMILES string of the molecule is CC(C1CC1)N1C(=O)CNC1c1ccc(F)cc1. The number of amides is 1. The normalized spacial score (nSPS) is 25.6. The number of benzene rings is 1. The molecule has 0 bridgehead atoms. The second kappa shape index (κ2) is 4.35. The summed E-state index contributed by atoms with van der Waals surface area (Å²) in [7, 11) is 0. The lowest BCUT2D eigenvalue weighted by atomic mass is 10.1. The van der Waals surface area contributed by atoms with Gasteiger partial charge in [-0.25, -0.2) is 4.39 Å². The van der Waals surface area contributed by atoms with Crippen molar-refractivity contribution >= 4 is 5.91 Å². The van der Waals surface area contributed by atoms with Crippen LogP contribution in [0.25, 0.3) is 0 Å². The molecule has 1 N–H and O–H groups in total. The molecule has 96 valence electrons. The third-order valence-corrected chi connectivity index (χ3v) is 3.94. The third-order valence-electron chi connectivity index (χ3n) is 3.94. The molecule has 1 aliphatic heterocycles. The van der Waals surface area contributed by atoms with E-state index in [4.69, 9.17) is 0 Å². The molecule has 18 heavy (non-hydrogen) atoms. The zero-order chi connectivity index (χ0) is 12.7. The monoisotopic (exact) mass is 248 g/mol. The molecule has 3 rings (SSSR count). The maximum Gasteiger partial charge on any atom is 0.238 e. The zero-order valence-corrected chi connectivity index (χ0v) is 10.4. The second-order valence-electron chi connectivity index (χ2n) is 5.21. The molecule has 2 aliphatic rings. The molecule has 1 saturated carbocycles. The van der Waals surface area contributed by atoms with Gasteiger partial charge in [0.25, 0.3) is 0 Å². The van der Waals surface area contributed by atoms with E-state index in [0.717, 1.165) is 5.56 Å². The van der Waals surface area contributed by atoms with Crippen LogP contribution in [0.15, 0.2) is 24.3 Å². The first kappa shape index (κ1) is 11.7. The summed E-state index contributed by atoms with van der Waals surface area (Å²) in [5.74, 6) is 0.533. The minimum Gasteiger partial charge on any atom is -0.319 e. The highest BCUT2D eigenvalue weighted by Crippen LogP contribution is 2.38. The topological polar surface area (TPSA) is 32.3 Å². The van der Waals surface area contributed by atoms with Gasteiger partial charge in [-0.2, -0.15) is 0 Å². The summed E-state index contributed by atoms with van der Waals surface area (Å²) in [6.45, 7) is 2.48. The Morgan fingerprint density at radius 2 is 2.00 bits per heavy atom. The molecule has 1 heterocycles. The Balaban J connectivity index is 1.85. The van der Waals surface area contributed by atoms with Crippen molar-refractivity contribution in [1.82, 2.24) is 10.2 Å². The summed E-state index contributed by atoms with van der Waals surface area (Å²) in [4.78, 5) is 13.9. The van der Waals surface area contributed by atoms with E-state index in [1.165, 1.54) is 25.0 Å². The van der Waals surface area contributed by atoms with Crippen LogP contribution in [-0.2, 0) is 4.79 Å². The van der Waals surface area contributed by atoms with E-state index in [2.05, 4.69) is 12.2 Å². The van der Waals surface area contributed by atoms with Gasteiger partial charge in [0.1, 0.15) is 12.0 Å². The average molecular weight is 248 g/mol. The molecule has 4 heteroatoms. The lowest BCUT2D eigenvalue weighted by Gasteiger charge is -2.30. The number of carbonyl (C=O) groups excluding carboxylic acids is 1. The Morgan fingerprint density at radius 1 is 1.33 bits per heavy atom. The van der Waals surface area contributed by atoms with Gasteiger partial charge >= 0.3 is 0 Å². The third kappa shape index (κ3) is 2.01. The maximum absolute atomic E-state index is 12.9. The van der Waals surface area contributed by atoms with Crippen LogP contribution < -0.4 is 5.32 Å². The first-order chi connectivity index (χ1) is 8.66. The molecule has 1 amide bonds. The number of rotatable bonds is 3. The Hall–Kier alpha value is -1.42. The second-order valence-corrected chi connectivity index (χ2v) is 5.21. The summed E-state index contributed by atoms with van der Waals surface area (Å²) in [5, 5.41) is 3.21. The highest BCUT2D eigenvalue weighted by atomic mass is 19.1. The lowest BCUT2D eigenvalue weighted by molar-refractivity contribution is -0.130. The van der Waals surface area contributed by atoms with Crippen molar-refractivity contribution in [3.63, 3.8) is 0 Å². The summed E-state index contributed by atoms with van der Waals surface area (Å²) in [5.41, 5.74) is 0.953. The quantitative estimate of drug-likeness (QED) is 0.888. The van der Waals surface area contributed by atoms with Crippen LogP contribution in [0.2, 0.25) is 0 Å². The molecule has 1 aromatic carbocycles. The lowest BCUT2D eigenvalue weighted by Crippen LogP contribution is -2.39. The number of nitrogens with one attached hydrogen (secondary N) is 1. The number of hydrogen-bond acceptors (Lipinski definition) is 2. The molecule has 0 radical (unpaired) electrons. The van der Waals surface area contributed by atoms with Gasteiger partial charge in [-0.3, -0.25) is 10.1 Å². The predicted octanol–water partition coefficient (Wildman–Crippen LogP) is 2.05.